The molecule has 1 rings (SSSR count). The van der Waals surface area contributed by atoms with Gasteiger partial charge in [-0.1, -0.05) is 0 Å². The van der Waals surface area contributed by atoms with Crippen molar-refractivity contribution in [1.82, 2.24) is 0 Å². The molecule has 0 aromatic heterocycles. The molecule has 1 aromatic carbocycles. The molecule has 0 aliphatic heterocycles. The smallest absolute Gasteiger partial charge is 0.404 e. The van der Waals surface area contributed by atoms with Gasteiger partial charge in [0.2, 0.25) is 0 Å². The fourth-order valence-electron chi connectivity index (χ4n) is 1.23. The number of nitriles is 1. The highest BCUT2D eigenvalue weighted by Gasteiger charge is 2.36. The van der Waals surface area contributed by atoms with E-state index < -0.39 is 53.8 Å². The summed E-state index contributed by atoms with van der Waals surface area (Å²) in [6.07, 6.45) is -5.28. The van der Waals surface area contributed by atoms with E-state index in [0.717, 1.165) is 0 Å². The number of hydrogen-bond donors (Lipinski definition) is 0. The average Bonchev–Trinajstić information content (AvgIpc) is 2.25. The van der Waals surface area contributed by atoms with Crippen molar-refractivity contribution in [2.75, 3.05) is 0 Å². The van der Waals surface area contributed by atoms with Gasteiger partial charge in [-0.2, -0.15) is 18.4 Å². The predicted molar refractivity (Wildman–Crippen MR) is 62.8 cm³/mol. The first-order chi connectivity index (χ1) is 9.73. The van der Waals surface area contributed by atoms with Crippen LogP contribution < -0.4 is 4.74 Å². The van der Waals surface area contributed by atoms with Crippen LogP contribution in [0.2, 0.25) is 0 Å². The fraction of sp³-hybridized carbons (Fsp3) is 0.222. The van der Waals surface area contributed by atoms with Crippen LogP contribution in [0.4, 0.5) is 26.3 Å². The van der Waals surface area contributed by atoms with Crippen molar-refractivity contribution in [3.8, 4) is 11.8 Å². The van der Waals surface area contributed by atoms with Crippen molar-refractivity contribution in [3.05, 3.63) is 17.7 Å². The van der Waals surface area contributed by atoms with Gasteiger partial charge in [-0.25, -0.2) is 8.42 Å². The van der Waals surface area contributed by atoms with Crippen molar-refractivity contribution in [2.24, 2.45) is 0 Å². The third kappa shape index (κ3) is 5.47. The molecule has 0 aliphatic carbocycles. The Morgan fingerprint density at radius 3 is 2.09 bits per heavy atom. The minimum absolute atomic E-state index is 0.114. The van der Waals surface area contributed by atoms with Crippen LogP contribution in [0.1, 0.15) is 5.56 Å². The van der Waals surface area contributed by atoms with Crippen LogP contribution in [0.25, 0.3) is 0 Å². The van der Waals surface area contributed by atoms with Gasteiger partial charge in [-0.05, 0) is 17.8 Å². The quantitative estimate of drug-likeness (QED) is 0.447. The van der Waals surface area contributed by atoms with Gasteiger partial charge in [0, 0.05) is 21.6 Å². The Morgan fingerprint density at radius 2 is 1.73 bits per heavy atom. The summed E-state index contributed by atoms with van der Waals surface area (Å²) in [5.41, 5.74) is -5.89. The van der Waals surface area contributed by atoms with Crippen molar-refractivity contribution in [1.29, 1.82) is 5.26 Å². The lowest BCUT2D eigenvalue weighted by Gasteiger charge is -2.14. The van der Waals surface area contributed by atoms with Gasteiger partial charge in [0.25, 0.3) is 9.05 Å². The molecule has 0 atom stereocenters. The van der Waals surface area contributed by atoms with Crippen LogP contribution in [0.3, 0.4) is 0 Å². The Balaban J connectivity index is 3.57. The lowest BCUT2D eigenvalue weighted by atomic mass is 10.2. The van der Waals surface area contributed by atoms with E-state index in [9.17, 15) is 34.8 Å². The summed E-state index contributed by atoms with van der Waals surface area (Å²) in [4.78, 5) is -2.30. The molecule has 22 heavy (non-hydrogen) atoms. The fourth-order valence-corrected chi connectivity index (χ4v) is 3.34. The minimum atomic E-state index is -5.28. The second kappa shape index (κ2) is 6.05. The van der Waals surface area contributed by atoms with Gasteiger partial charge in [-0.15, -0.1) is 13.2 Å². The molecule has 13 heteroatoms. The molecule has 4 nitrogen and oxygen atoms in total. The molecule has 1 aromatic rings. The monoisotopic (exact) mass is 385 g/mol. The number of hydrogen-bond acceptors (Lipinski definition) is 5. The highest BCUT2D eigenvalue weighted by molar-refractivity contribution is 8.14. The van der Waals surface area contributed by atoms with E-state index in [0.29, 0.717) is 6.07 Å². The topological polar surface area (TPSA) is 67.2 Å². The number of thioether (sulfide) groups is 1. The molecule has 0 fully saturated rings. The predicted octanol–water partition coefficient (Wildman–Crippen LogP) is 4.00. The Kier molecular flexibility index (Phi) is 5.15. The van der Waals surface area contributed by atoms with E-state index in [1.54, 1.807) is 0 Å². The number of ether oxygens (including phenoxy) is 1. The highest BCUT2D eigenvalue weighted by atomic mass is 35.7. The van der Waals surface area contributed by atoms with Gasteiger partial charge in [-0.3, -0.25) is 0 Å². The molecule has 0 N–H and O–H groups in total. The second-order valence-electron chi connectivity index (χ2n) is 3.44. The summed E-state index contributed by atoms with van der Waals surface area (Å²) in [5.74, 6) is -1.28. The molecular formula is C9H2ClF6NO3S2. The number of rotatable bonds is 3. The van der Waals surface area contributed by atoms with Crippen molar-refractivity contribution in [2.45, 2.75) is 21.7 Å². The lowest BCUT2D eigenvalue weighted by Crippen LogP contribution is -2.18. The van der Waals surface area contributed by atoms with Crippen LogP contribution in [-0.4, -0.2) is 20.3 Å². The standard InChI is InChI=1S/C9H2ClF6NO3S2/c10-22(18,19)7-2-5(20-8(11,12)13)4(3-17)1-6(7)21-9(14,15)16/h1-2H. The maximum atomic E-state index is 12.3. The zero-order valence-electron chi connectivity index (χ0n) is 9.79. The molecule has 0 saturated heterocycles. The molecule has 0 spiro atoms. The molecule has 0 bridgehead atoms. The number of nitrogens with zero attached hydrogens (tertiary/aromatic N) is 1. The number of benzene rings is 1. The first-order valence-electron chi connectivity index (χ1n) is 4.77. The van der Waals surface area contributed by atoms with Gasteiger partial charge < -0.3 is 4.74 Å². The summed E-state index contributed by atoms with van der Waals surface area (Å²) >= 11 is -0.941. The first kappa shape index (κ1) is 18.7. The van der Waals surface area contributed by atoms with Crippen molar-refractivity contribution < 1.29 is 39.5 Å². The summed E-state index contributed by atoms with van der Waals surface area (Å²) in [6, 6.07) is 1.59. The van der Waals surface area contributed by atoms with E-state index in [2.05, 4.69) is 4.74 Å². The van der Waals surface area contributed by atoms with Crippen LogP contribution in [0, 0.1) is 11.3 Å². The van der Waals surface area contributed by atoms with Crippen LogP contribution in [0.15, 0.2) is 21.9 Å². The Hall–Kier alpha value is -1.32. The van der Waals surface area contributed by atoms with Gasteiger partial charge >= 0.3 is 11.9 Å². The first-order valence-corrected chi connectivity index (χ1v) is 7.90. The van der Waals surface area contributed by atoms with Crippen LogP contribution in [-0.2, 0) is 9.05 Å². The van der Waals surface area contributed by atoms with Gasteiger partial charge in [0.15, 0.2) is 0 Å². The maximum absolute atomic E-state index is 12.3. The molecule has 0 saturated carbocycles. The summed E-state index contributed by atoms with van der Waals surface area (Å²) in [7, 11) is 0.0888. The molecular weight excluding hydrogens is 384 g/mol. The van der Waals surface area contributed by atoms with Crippen LogP contribution in [0.5, 0.6) is 5.75 Å². The second-order valence-corrected chi connectivity index (χ2v) is 7.08. The SMILES string of the molecule is N#Cc1cc(SC(F)(F)F)c(S(=O)(=O)Cl)cc1OC(F)(F)F. The molecule has 0 amide bonds. The van der Waals surface area contributed by atoms with Crippen molar-refractivity contribution in [3.63, 3.8) is 0 Å². The molecule has 0 radical (unpaired) electrons. The lowest BCUT2D eigenvalue weighted by molar-refractivity contribution is -0.274. The van der Waals surface area contributed by atoms with E-state index in [1.807, 2.05) is 0 Å². The summed E-state index contributed by atoms with van der Waals surface area (Å²) in [6.45, 7) is 0. The molecule has 122 valence electrons. The normalized spacial score (nSPS) is 12.8. The third-order valence-corrected chi connectivity index (χ3v) is 4.16. The highest BCUT2D eigenvalue weighted by Crippen LogP contribution is 2.43. The zero-order valence-corrected chi connectivity index (χ0v) is 12.2. The molecule has 0 unspecified atom stereocenters. The van der Waals surface area contributed by atoms with E-state index in [-0.39, 0.29) is 6.07 Å². The van der Waals surface area contributed by atoms with E-state index in [1.165, 1.54) is 6.07 Å². The van der Waals surface area contributed by atoms with Crippen LogP contribution >= 0.6 is 22.4 Å². The average molecular weight is 386 g/mol. The Labute approximate surface area is 128 Å². The molecule has 0 heterocycles. The van der Waals surface area contributed by atoms with E-state index >= 15 is 0 Å². The largest absolute Gasteiger partial charge is 0.573 e. The number of alkyl halides is 6. The Morgan fingerprint density at radius 1 is 1.18 bits per heavy atom. The van der Waals surface area contributed by atoms with Gasteiger partial charge in [0.1, 0.15) is 16.7 Å². The summed E-state index contributed by atoms with van der Waals surface area (Å²) < 4.78 is 99.4. The van der Waals surface area contributed by atoms with Crippen molar-refractivity contribution >= 4 is 31.5 Å². The Bertz CT molecular complexity index is 723. The third-order valence-electron chi connectivity index (χ3n) is 1.88. The minimum Gasteiger partial charge on any atom is -0.404 e. The zero-order chi connectivity index (χ0) is 17.3. The van der Waals surface area contributed by atoms with E-state index in [4.69, 9.17) is 15.9 Å². The maximum Gasteiger partial charge on any atom is 0.573 e. The van der Waals surface area contributed by atoms with Gasteiger partial charge in [0.05, 0.1) is 5.56 Å². The number of halogens is 7. The molecule has 0 aliphatic rings. The summed E-state index contributed by atoms with van der Waals surface area (Å²) in [5, 5.41) is 8.66.